The zero-order valence-corrected chi connectivity index (χ0v) is 25.6. The summed E-state index contributed by atoms with van der Waals surface area (Å²) in [5.41, 5.74) is 4.02. The second-order valence-corrected chi connectivity index (χ2v) is 12.3. The van der Waals surface area contributed by atoms with E-state index in [-0.39, 0.29) is 11.4 Å². The lowest BCUT2D eigenvalue weighted by Gasteiger charge is -2.07. The summed E-state index contributed by atoms with van der Waals surface area (Å²) in [6.07, 6.45) is 9.69. The van der Waals surface area contributed by atoms with Gasteiger partial charge in [-0.15, -0.1) is 0 Å². The summed E-state index contributed by atoms with van der Waals surface area (Å²) in [4.78, 5) is 20.7. The lowest BCUT2D eigenvalue weighted by molar-refractivity contribution is -0.385. The SMILES string of the molecule is O=[N+]([O-])c1ccc(/C=C/c2ccc(OCCCSSCCCOc3ccc(/C=C/c4ccc([N+](=O)[O-])cc4)cc3)cc2)cc1. The van der Waals surface area contributed by atoms with Gasteiger partial charge in [0.25, 0.3) is 11.4 Å². The highest BCUT2D eigenvalue weighted by Crippen LogP contribution is 2.24. The monoisotopic (exact) mass is 628 g/mol. The van der Waals surface area contributed by atoms with Gasteiger partial charge < -0.3 is 9.47 Å². The molecule has 10 heteroatoms. The van der Waals surface area contributed by atoms with Crippen LogP contribution in [0.25, 0.3) is 24.3 Å². The maximum Gasteiger partial charge on any atom is 0.269 e. The largest absolute Gasteiger partial charge is 0.494 e. The summed E-state index contributed by atoms with van der Waals surface area (Å²) in [5, 5.41) is 21.5. The van der Waals surface area contributed by atoms with Crippen LogP contribution < -0.4 is 9.47 Å². The lowest BCUT2D eigenvalue weighted by atomic mass is 10.1. The minimum Gasteiger partial charge on any atom is -0.494 e. The van der Waals surface area contributed by atoms with Crippen LogP contribution in [0.5, 0.6) is 11.5 Å². The minimum absolute atomic E-state index is 0.0835. The van der Waals surface area contributed by atoms with Crippen molar-refractivity contribution in [1.29, 1.82) is 0 Å². The molecule has 0 aromatic heterocycles. The van der Waals surface area contributed by atoms with Crippen molar-refractivity contribution in [3.8, 4) is 11.5 Å². The molecule has 0 saturated carbocycles. The maximum atomic E-state index is 10.8. The van der Waals surface area contributed by atoms with E-state index in [1.54, 1.807) is 24.3 Å². The maximum absolute atomic E-state index is 10.8. The average molecular weight is 629 g/mol. The fourth-order valence-corrected chi connectivity index (χ4v) is 6.00. The molecule has 0 aliphatic heterocycles. The highest BCUT2D eigenvalue weighted by Gasteiger charge is 2.04. The zero-order valence-electron chi connectivity index (χ0n) is 24.0. The van der Waals surface area contributed by atoms with Crippen LogP contribution in [-0.4, -0.2) is 34.6 Å². The predicted molar refractivity (Wildman–Crippen MR) is 182 cm³/mol. The molecule has 0 aliphatic carbocycles. The molecule has 0 spiro atoms. The number of hydrogen-bond donors (Lipinski definition) is 0. The molecule has 4 rings (SSSR count). The molecule has 0 aliphatic rings. The molecule has 8 nitrogen and oxygen atoms in total. The molecule has 0 radical (unpaired) electrons. The molecule has 0 saturated heterocycles. The molecule has 0 unspecified atom stereocenters. The second-order valence-electron chi connectivity index (χ2n) is 9.55. The number of ether oxygens (including phenoxy) is 2. The predicted octanol–water partition coefficient (Wildman–Crippen LogP) is 9.46. The van der Waals surface area contributed by atoms with Crippen LogP contribution in [0.2, 0.25) is 0 Å². The zero-order chi connectivity index (χ0) is 31.0. The van der Waals surface area contributed by atoms with Gasteiger partial charge in [-0.2, -0.15) is 0 Å². The van der Waals surface area contributed by atoms with Gasteiger partial charge in [-0.25, -0.2) is 0 Å². The molecule has 0 bridgehead atoms. The van der Waals surface area contributed by atoms with Gasteiger partial charge in [0.05, 0.1) is 23.1 Å². The highest BCUT2D eigenvalue weighted by molar-refractivity contribution is 8.76. The van der Waals surface area contributed by atoms with E-state index in [0.717, 1.165) is 58.1 Å². The van der Waals surface area contributed by atoms with E-state index in [1.807, 2.05) is 94.4 Å². The molecule has 4 aromatic rings. The Morgan fingerprint density at radius 3 is 1.09 bits per heavy atom. The third kappa shape index (κ3) is 11.3. The molecular formula is C34H32N2O6S2. The first kappa shape index (κ1) is 32.4. The van der Waals surface area contributed by atoms with E-state index in [2.05, 4.69) is 0 Å². The van der Waals surface area contributed by atoms with Crippen LogP contribution in [0.3, 0.4) is 0 Å². The third-order valence-corrected chi connectivity index (χ3v) is 8.85. The third-order valence-electron chi connectivity index (χ3n) is 6.27. The first-order valence-corrected chi connectivity index (χ1v) is 16.5. The van der Waals surface area contributed by atoms with E-state index in [9.17, 15) is 20.2 Å². The molecule has 0 N–H and O–H groups in total. The molecule has 0 heterocycles. The fourth-order valence-electron chi connectivity index (χ4n) is 3.88. The topological polar surface area (TPSA) is 105 Å². The van der Waals surface area contributed by atoms with Crippen molar-refractivity contribution in [2.45, 2.75) is 12.8 Å². The van der Waals surface area contributed by atoms with Crippen LogP contribution in [0.1, 0.15) is 35.1 Å². The first-order valence-electron chi connectivity index (χ1n) is 14.0. The average Bonchev–Trinajstić information content (AvgIpc) is 3.05. The van der Waals surface area contributed by atoms with Gasteiger partial charge in [0.2, 0.25) is 0 Å². The fraction of sp³-hybridized carbons (Fsp3) is 0.176. The van der Waals surface area contributed by atoms with Crippen molar-refractivity contribution >= 4 is 57.3 Å². The summed E-state index contributed by atoms with van der Waals surface area (Å²) >= 11 is 0. The van der Waals surface area contributed by atoms with Gasteiger partial charge in [0.1, 0.15) is 11.5 Å². The molecule has 226 valence electrons. The van der Waals surface area contributed by atoms with Crippen molar-refractivity contribution in [3.63, 3.8) is 0 Å². The van der Waals surface area contributed by atoms with E-state index in [0.29, 0.717) is 13.2 Å². The summed E-state index contributed by atoms with van der Waals surface area (Å²) in [6.45, 7) is 1.32. The van der Waals surface area contributed by atoms with Crippen LogP contribution in [-0.2, 0) is 0 Å². The van der Waals surface area contributed by atoms with Gasteiger partial charge in [0, 0.05) is 35.8 Å². The molecular weight excluding hydrogens is 597 g/mol. The Hall–Kier alpha value is -4.54. The van der Waals surface area contributed by atoms with Crippen LogP contribution >= 0.6 is 21.6 Å². The Labute approximate surface area is 264 Å². The van der Waals surface area contributed by atoms with Crippen LogP contribution in [0.4, 0.5) is 11.4 Å². The van der Waals surface area contributed by atoms with Crippen molar-refractivity contribution in [2.75, 3.05) is 24.7 Å². The number of rotatable bonds is 17. The number of non-ortho nitro benzene ring substituents is 2. The van der Waals surface area contributed by atoms with Crippen LogP contribution in [0.15, 0.2) is 97.1 Å². The van der Waals surface area contributed by atoms with Crippen molar-refractivity contribution in [3.05, 3.63) is 140 Å². The normalized spacial score (nSPS) is 11.2. The smallest absolute Gasteiger partial charge is 0.269 e. The van der Waals surface area contributed by atoms with Gasteiger partial charge in [-0.3, -0.25) is 20.2 Å². The van der Waals surface area contributed by atoms with E-state index in [4.69, 9.17) is 9.47 Å². The molecule has 0 amide bonds. The Balaban J connectivity index is 1.02. The summed E-state index contributed by atoms with van der Waals surface area (Å²) in [6, 6.07) is 28.6. The lowest BCUT2D eigenvalue weighted by Crippen LogP contribution is -1.99. The molecule has 0 fully saturated rings. The van der Waals surface area contributed by atoms with E-state index < -0.39 is 9.85 Å². The summed E-state index contributed by atoms with van der Waals surface area (Å²) in [5.74, 6) is 3.69. The number of nitro benzene ring substituents is 2. The number of nitrogens with zero attached hydrogens (tertiary/aromatic N) is 2. The summed E-state index contributed by atoms with van der Waals surface area (Å²) in [7, 11) is 3.69. The first-order chi connectivity index (χ1) is 21.5. The standard InChI is InChI=1S/C34H32N2O6S2/c37-35(38)31-15-7-27(8-16-31)3-5-29-11-19-33(20-12-29)41-23-1-25-43-44-26-2-24-42-34-21-13-30(14-22-34)6-4-28-9-17-32(18-10-28)36(39)40/h3-22H,1-2,23-26H2/b5-3+,6-4+. The van der Waals surface area contributed by atoms with Crippen molar-refractivity contribution in [1.82, 2.24) is 0 Å². The minimum atomic E-state index is -0.403. The number of hydrogen-bond acceptors (Lipinski definition) is 8. The Morgan fingerprint density at radius 2 is 0.795 bits per heavy atom. The molecule has 0 atom stereocenters. The van der Waals surface area contributed by atoms with Crippen molar-refractivity contribution < 1.29 is 19.3 Å². The second kappa shape index (κ2) is 17.5. The Bertz CT molecular complexity index is 1420. The Kier molecular flexibility index (Phi) is 12.9. The number of nitro groups is 2. The van der Waals surface area contributed by atoms with Gasteiger partial charge in [-0.05, 0) is 83.6 Å². The summed E-state index contributed by atoms with van der Waals surface area (Å²) < 4.78 is 11.7. The highest BCUT2D eigenvalue weighted by atomic mass is 33.1. The number of benzene rings is 4. The Morgan fingerprint density at radius 1 is 0.500 bits per heavy atom. The van der Waals surface area contributed by atoms with Crippen molar-refractivity contribution in [2.24, 2.45) is 0 Å². The van der Waals surface area contributed by atoms with E-state index >= 15 is 0 Å². The molecule has 4 aromatic carbocycles. The molecule has 44 heavy (non-hydrogen) atoms. The van der Waals surface area contributed by atoms with Gasteiger partial charge >= 0.3 is 0 Å². The van der Waals surface area contributed by atoms with E-state index in [1.165, 1.54) is 24.3 Å². The van der Waals surface area contributed by atoms with Gasteiger partial charge in [0.15, 0.2) is 0 Å². The quantitative estimate of drug-likeness (QED) is 0.0374. The van der Waals surface area contributed by atoms with Gasteiger partial charge in [-0.1, -0.05) is 70.2 Å². The van der Waals surface area contributed by atoms with Crippen LogP contribution in [0, 0.1) is 20.2 Å².